The van der Waals surface area contributed by atoms with E-state index in [1.807, 2.05) is 60.7 Å². The molecule has 0 saturated heterocycles. The van der Waals surface area contributed by atoms with Gasteiger partial charge in [-0.2, -0.15) is 0 Å². The third kappa shape index (κ3) is 5.82. The molecule has 0 radical (unpaired) electrons. The van der Waals surface area contributed by atoms with Crippen LogP contribution in [0.15, 0.2) is 60.7 Å². The van der Waals surface area contributed by atoms with Crippen molar-refractivity contribution in [2.75, 3.05) is 19.6 Å². The summed E-state index contributed by atoms with van der Waals surface area (Å²) in [4.78, 5) is 14.9. The van der Waals surface area contributed by atoms with Crippen molar-refractivity contribution < 1.29 is 9.90 Å². The summed E-state index contributed by atoms with van der Waals surface area (Å²) < 4.78 is 0. The topological polar surface area (TPSA) is 40.5 Å². The van der Waals surface area contributed by atoms with Gasteiger partial charge >= 0.3 is 5.97 Å². The predicted octanol–water partition coefficient (Wildman–Crippen LogP) is 5.38. The highest BCUT2D eigenvalue weighted by Crippen LogP contribution is 2.37. The zero-order chi connectivity index (χ0) is 18.8. The number of nitrogens with zero attached hydrogens (tertiary/aromatic N) is 1. The van der Waals surface area contributed by atoms with E-state index in [9.17, 15) is 9.90 Å². The molecule has 3 nitrogen and oxygen atoms in total. The van der Waals surface area contributed by atoms with E-state index in [1.54, 1.807) is 0 Å². The van der Waals surface area contributed by atoms with Crippen molar-refractivity contribution in [3.05, 3.63) is 71.8 Å². The quantitative estimate of drug-likeness (QED) is 0.524. The van der Waals surface area contributed by atoms with Gasteiger partial charge in [0.2, 0.25) is 0 Å². The Morgan fingerprint density at radius 2 is 1.33 bits per heavy atom. The maximum Gasteiger partial charge on any atom is 0.318 e. The van der Waals surface area contributed by atoms with Gasteiger partial charge < -0.3 is 10.0 Å². The molecule has 0 fully saturated rings. The van der Waals surface area contributed by atoms with Crippen LogP contribution in [0.25, 0.3) is 0 Å². The molecule has 148 valence electrons. The second-order valence-corrected chi connectivity index (χ2v) is 6.78. The zero-order valence-corrected chi connectivity index (χ0v) is 17.3. The number of carboxylic acid groups (broad SMARTS) is 1. The van der Waals surface area contributed by atoms with Crippen molar-refractivity contribution in [3.8, 4) is 0 Å². The highest BCUT2D eigenvalue weighted by molar-refractivity contribution is 5.86. The molecule has 0 spiro atoms. The molecule has 0 aliphatic carbocycles. The first-order chi connectivity index (χ1) is 12.6. The minimum atomic E-state index is -0.974. The number of unbranched alkanes of at least 4 members (excludes halogenated alkanes) is 2. The van der Waals surface area contributed by atoms with Crippen molar-refractivity contribution in [2.24, 2.45) is 0 Å². The fraction of sp³-hybridized carbons (Fsp3) is 0.435. The fourth-order valence-corrected chi connectivity index (χ4v) is 3.70. The monoisotopic (exact) mass is 389 g/mol. The Morgan fingerprint density at radius 3 is 1.74 bits per heavy atom. The lowest BCUT2D eigenvalue weighted by atomic mass is 9.71. The largest absolute Gasteiger partial charge is 0.480 e. The maximum absolute atomic E-state index is 12.5. The third-order valence-electron chi connectivity index (χ3n) is 5.32. The summed E-state index contributed by atoms with van der Waals surface area (Å²) in [5.74, 6) is -0.765. The normalized spacial score (nSPS) is 11.2. The Labute approximate surface area is 169 Å². The lowest BCUT2D eigenvalue weighted by Crippen LogP contribution is -2.37. The lowest BCUT2D eigenvalue weighted by molar-refractivity contribution is -0.142. The third-order valence-corrected chi connectivity index (χ3v) is 5.32. The number of carbonyl (C=O) groups is 1. The molecule has 2 rings (SSSR count). The molecule has 0 aliphatic rings. The van der Waals surface area contributed by atoms with Crippen molar-refractivity contribution >= 4 is 18.4 Å². The van der Waals surface area contributed by atoms with Gasteiger partial charge in [-0.05, 0) is 43.6 Å². The van der Waals surface area contributed by atoms with E-state index >= 15 is 0 Å². The zero-order valence-electron chi connectivity index (χ0n) is 16.4. The molecule has 0 aromatic heterocycles. The van der Waals surface area contributed by atoms with Crippen LogP contribution in [0.3, 0.4) is 0 Å². The van der Waals surface area contributed by atoms with E-state index in [1.165, 1.54) is 0 Å². The summed E-state index contributed by atoms with van der Waals surface area (Å²) in [6.07, 6.45) is 3.68. The molecule has 0 saturated carbocycles. The van der Waals surface area contributed by atoms with Crippen LogP contribution in [0.1, 0.15) is 50.7 Å². The van der Waals surface area contributed by atoms with E-state index in [0.717, 1.165) is 50.0 Å². The van der Waals surface area contributed by atoms with Crippen LogP contribution in [-0.2, 0) is 10.2 Å². The number of benzene rings is 2. The van der Waals surface area contributed by atoms with Crippen LogP contribution < -0.4 is 0 Å². The molecular weight excluding hydrogens is 358 g/mol. The first kappa shape index (κ1) is 23.2. The van der Waals surface area contributed by atoms with Gasteiger partial charge in [0.1, 0.15) is 5.41 Å². The molecule has 0 amide bonds. The van der Waals surface area contributed by atoms with Gasteiger partial charge in [-0.1, -0.05) is 87.4 Å². The average Bonchev–Trinajstić information content (AvgIpc) is 2.69. The molecule has 2 aromatic carbocycles. The van der Waals surface area contributed by atoms with Crippen LogP contribution in [-0.4, -0.2) is 35.6 Å². The summed E-state index contributed by atoms with van der Waals surface area (Å²) in [6.45, 7) is 7.60. The highest BCUT2D eigenvalue weighted by Gasteiger charge is 2.41. The molecule has 0 bridgehead atoms. The fourth-order valence-electron chi connectivity index (χ4n) is 3.70. The van der Waals surface area contributed by atoms with E-state index in [4.69, 9.17) is 0 Å². The van der Waals surface area contributed by atoms with Gasteiger partial charge in [-0.15, -0.1) is 12.4 Å². The van der Waals surface area contributed by atoms with Crippen molar-refractivity contribution in [1.82, 2.24) is 4.90 Å². The second-order valence-electron chi connectivity index (χ2n) is 6.78. The standard InChI is InChI=1S/C23H31NO2.ClH/c1-3-24(4-2)19-13-7-12-18-23(22(25)26,20-14-8-5-9-15-20)21-16-10-6-11-17-21;/h5-6,8-11,14-17H,3-4,7,12-13,18-19H2,1-2H3,(H,25,26);1H. The smallest absolute Gasteiger partial charge is 0.318 e. The SMILES string of the molecule is CCN(CC)CCCCCC(C(=O)O)(c1ccccc1)c1ccccc1.Cl. The van der Waals surface area contributed by atoms with Gasteiger partial charge in [-0.25, -0.2) is 0 Å². The minimum absolute atomic E-state index is 0. The molecular formula is C23H32ClNO2. The molecule has 0 atom stereocenters. The maximum atomic E-state index is 12.5. The predicted molar refractivity (Wildman–Crippen MR) is 115 cm³/mol. The van der Waals surface area contributed by atoms with Gasteiger partial charge in [0.15, 0.2) is 0 Å². The molecule has 0 unspecified atom stereocenters. The van der Waals surface area contributed by atoms with E-state index in [2.05, 4.69) is 18.7 Å². The van der Waals surface area contributed by atoms with E-state index in [-0.39, 0.29) is 12.4 Å². The Hall–Kier alpha value is -1.84. The van der Waals surface area contributed by atoms with Crippen LogP contribution in [0.2, 0.25) is 0 Å². The molecule has 0 aliphatic heterocycles. The van der Waals surface area contributed by atoms with Gasteiger partial charge in [0.05, 0.1) is 0 Å². The molecule has 27 heavy (non-hydrogen) atoms. The average molecular weight is 390 g/mol. The van der Waals surface area contributed by atoms with E-state index < -0.39 is 11.4 Å². The number of carboxylic acids is 1. The Bertz CT molecular complexity index is 617. The highest BCUT2D eigenvalue weighted by atomic mass is 35.5. The Morgan fingerprint density at radius 1 is 0.852 bits per heavy atom. The first-order valence-electron chi connectivity index (χ1n) is 9.72. The molecule has 2 aromatic rings. The van der Waals surface area contributed by atoms with Crippen molar-refractivity contribution in [2.45, 2.75) is 44.9 Å². The second kappa shape index (κ2) is 11.8. The lowest BCUT2D eigenvalue weighted by Gasteiger charge is -2.31. The molecule has 0 heterocycles. The Kier molecular flexibility index (Phi) is 10.1. The molecule has 1 N–H and O–H groups in total. The van der Waals surface area contributed by atoms with Crippen molar-refractivity contribution in [3.63, 3.8) is 0 Å². The van der Waals surface area contributed by atoms with Crippen molar-refractivity contribution in [1.29, 1.82) is 0 Å². The van der Waals surface area contributed by atoms with Crippen LogP contribution >= 0.6 is 12.4 Å². The number of hydrogen-bond acceptors (Lipinski definition) is 2. The molecule has 4 heteroatoms. The summed E-state index contributed by atoms with van der Waals surface area (Å²) >= 11 is 0. The number of halogens is 1. The number of hydrogen-bond donors (Lipinski definition) is 1. The summed E-state index contributed by atoms with van der Waals surface area (Å²) in [5, 5.41) is 10.2. The summed E-state index contributed by atoms with van der Waals surface area (Å²) in [5.41, 5.74) is 0.752. The summed E-state index contributed by atoms with van der Waals surface area (Å²) in [6, 6.07) is 19.3. The Balaban J connectivity index is 0.00000364. The van der Waals surface area contributed by atoms with Gasteiger partial charge in [0, 0.05) is 0 Å². The first-order valence-corrected chi connectivity index (χ1v) is 9.72. The number of aliphatic carboxylic acids is 1. The van der Waals surface area contributed by atoms with Gasteiger partial charge in [-0.3, -0.25) is 4.79 Å². The number of rotatable bonds is 11. The van der Waals surface area contributed by atoms with Gasteiger partial charge in [0.25, 0.3) is 0 Å². The minimum Gasteiger partial charge on any atom is -0.480 e. The summed E-state index contributed by atoms with van der Waals surface area (Å²) in [7, 11) is 0. The van der Waals surface area contributed by atoms with Crippen LogP contribution in [0.4, 0.5) is 0 Å². The van der Waals surface area contributed by atoms with Crippen LogP contribution in [0, 0.1) is 0 Å². The van der Waals surface area contributed by atoms with E-state index in [0.29, 0.717) is 6.42 Å². The van der Waals surface area contributed by atoms with Crippen LogP contribution in [0.5, 0.6) is 0 Å².